The SMILES string of the molecule is CCOC(=O)c1cc(Cc2csc(C=O)c2)cs1. The molecule has 18 heavy (non-hydrogen) atoms. The van der Waals surface area contributed by atoms with Gasteiger partial charge in [-0.3, -0.25) is 4.79 Å². The van der Waals surface area contributed by atoms with Crippen LogP contribution in [0.1, 0.15) is 37.4 Å². The first-order valence-corrected chi connectivity index (χ1v) is 7.26. The van der Waals surface area contributed by atoms with Gasteiger partial charge >= 0.3 is 5.97 Å². The molecule has 94 valence electrons. The van der Waals surface area contributed by atoms with Crippen molar-refractivity contribution in [2.45, 2.75) is 13.3 Å². The molecule has 0 bridgehead atoms. The molecule has 0 unspecified atom stereocenters. The highest BCUT2D eigenvalue weighted by Crippen LogP contribution is 2.21. The lowest BCUT2D eigenvalue weighted by Gasteiger charge is -1.96. The van der Waals surface area contributed by atoms with E-state index in [0.717, 1.165) is 28.7 Å². The highest BCUT2D eigenvalue weighted by molar-refractivity contribution is 7.12. The number of ether oxygens (including phenoxy) is 1. The van der Waals surface area contributed by atoms with Crippen LogP contribution in [0.15, 0.2) is 22.9 Å². The minimum Gasteiger partial charge on any atom is -0.462 e. The Kier molecular flexibility index (Phi) is 4.28. The predicted molar refractivity (Wildman–Crippen MR) is 72.8 cm³/mol. The summed E-state index contributed by atoms with van der Waals surface area (Å²) in [6, 6.07) is 3.72. The van der Waals surface area contributed by atoms with E-state index in [1.165, 1.54) is 22.7 Å². The lowest BCUT2D eigenvalue weighted by molar-refractivity contribution is 0.0532. The molecule has 2 aromatic rings. The molecule has 2 aromatic heterocycles. The molecule has 0 aliphatic carbocycles. The van der Waals surface area contributed by atoms with E-state index in [1.54, 1.807) is 6.92 Å². The first kappa shape index (κ1) is 13.0. The fourth-order valence-corrected chi connectivity index (χ4v) is 3.08. The second kappa shape index (κ2) is 5.93. The normalized spacial score (nSPS) is 10.3. The molecule has 5 heteroatoms. The van der Waals surface area contributed by atoms with Gasteiger partial charge in [-0.2, -0.15) is 0 Å². The molecular formula is C13H12O3S2. The Morgan fingerprint density at radius 1 is 1.28 bits per heavy atom. The Morgan fingerprint density at radius 2 is 2.00 bits per heavy atom. The maximum Gasteiger partial charge on any atom is 0.348 e. The molecule has 0 aliphatic heterocycles. The molecule has 0 atom stereocenters. The first-order chi connectivity index (χ1) is 8.72. The van der Waals surface area contributed by atoms with Crippen LogP contribution in [0.4, 0.5) is 0 Å². The van der Waals surface area contributed by atoms with Crippen LogP contribution >= 0.6 is 22.7 Å². The van der Waals surface area contributed by atoms with E-state index >= 15 is 0 Å². The zero-order chi connectivity index (χ0) is 13.0. The molecule has 0 saturated carbocycles. The Hall–Kier alpha value is -1.46. The summed E-state index contributed by atoms with van der Waals surface area (Å²) in [6.07, 6.45) is 1.59. The van der Waals surface area contributed by atoms with Crippen molar-refractivity contribution in [3.63, 3.8) is 0 Å². The average molecular weight is 280 g/mol. The van der Waals surface area contributed by atoms with Crippen molar-refractivity contribution in [1.29, 1.82) is 0 Å². The van der Waals surface area contributed by atoms with E-state index in [4.69, 9.17) is 4.74 Å². The van der Waals surface area contributed by atoms with E-state index in [1.807, 2.05) is 22.9 Å². The third-order valence-electron chi connectivity index (χ3n) is 2.33. The first-order valence-electron chi connectivity index (χ1n) is 5.50. The summed E-state index contributed by atoms with van der Waals surface area (Å²) < 4.78 is 4.94. The van der Waals surface area contributed by atoms with Gasteiger partial charge in [0.05, 0.1) is 11.5 Å². The van der Waals surface area contributed by atoms with Gasteiger partial charge in [0.25, 0.3) is 0 Å². The second-order valence-corrected chi connectivity index (χ2v) is 5.55. The zero-order valence-corrected chi connectivity index (χ0v) is 11.5. The van der Waals surface area contributed by atoms with Crippen LogP contribution in [-0.2, 0) is 11.2 Å². The molecule has 2 heterocycles. The summed E-state index contributed by atoms with van der Waals surface area (Å²) in [7, 11) is 0. The maximum atomic E-state index is 11.5. The number of thiophene rings is 2. The molecule has 0 aromatic carbocycles. The van der Waals surface area contributed by atoms with Gasteiger partial charge in [-0.1, -0.05) is 0 Å². The highest BCUT2D eigenvalue weighted by atomic mass is 32.1. The number of hydrogen-bond acceptors (Lipinski definition) is 5. The average Bonchev–Trinajstić information content (AvgIpc) is 2.99. The standard InChI is InChI=1S/C13H12O3S2/c1-2-16-13(15)12-5-10(8-18-12)3-9-4-11(6-14)17-7-9/h4-8H,2-3H2,1H3. The Balaban J connectivity index is 2.06. The molecule has 0 fully saturated rings. The lowest BCUT2D eigenvalue weighted by atomic mass is 10.1. The Bertz CT molecular complexity index is 554. The van der Waals surface area contributed by atoms with Crippen molar-refractivity contribution in [2.24, 2.45) is 0 Å². The zero-order valence-electron chi connectivity index (χ0n) is 9.84. The van der Waals surface area contributed by atoms with Crippen LogP contribution in [-0.4, -0.2) is 18.9 Å². The molecule has 3 nitrogen and oxygen atoms in total. The van der Waals surface area contributed by atoms with Gasteiger partial charge in [-0.05, 0) is 47.4 Å². The molecule has 0 N–H and O–H groups in total. The van der Waals surface area contributed by atoms with Crippen LogP contribution in [0, 0.1) is 0 Å². The molecule has 0 aliphatic rings. The third-order valence-corrected chi connectivity index (χ3v) is 4.19. The maximum absolute atomic E-state index is 11.5. The van der Waals surface area contributed by atoms with Crippen molar-refractivity contribution in [3.05, 3.63) is 43.8 Å². The van der Waals surface area contributed by atoms with Gasteiger partial charge in [0.1, 0.15) is 4.88 Å². The summed E-state index contributed by atoms with van der Waals surface area (Å²) in [6.45, 7) is 2.18. The van der Waals surface area contributed by atoms with Gasteiger partial charge in [-0.15, -0.1) is 22.7 Å². The summed E-state index contributed by atoms with van der Waals surface area (Å²) in [4.78, 5) is 23.4. The largest absolute Gasteiger partial charge is 0.462 e. The van der Waals surface area contributed by atoms with Crippen LogP contribution in [0.5, 0.6) is 0 Å². The van der Waals surface area contributed by atoms with Crippen molar-refractivity contribution < 1.29 is 14.3 Å². The number of rotatable bonds is 5. The van der Waals surface area contributed by atoms with Crippen LogP contribution in [0.3, 0.4) is 0 Å². The van der Waals surface area contributed by atoms with Gasteiger partial charge in [0.15, 0.2) is 6.29 Å². The minimum atomic E-state index is -0.271. The fraction of sp³-hybridized carbons (Fsp3) is 0.231. The van der Waals surface area contributed by atoms with Crippen molar-refractivity contribution in [3.8, 4) is 0 Å². The van der Waals surface area contributed by atoms with E-state index in [9.17, 15) is 9.59 Å². The quantitative estimate of drug-likeness (QED) is 0.623. The summed E-state index contributed by atoms with van der Waals surface area (Å²) in [5.74, 6) is -0.271. The van der Waals surface area contributed by atoms with Crippen molar-refractivity contribution in [1.82, 2.24) is 0 Å². The van der Waals surface area contributed by atoms with E-state index in [-0.39, 0.29) is 5.97 Å². The van der Waals surface area contributed by atoms with E-state index in [2.05, 4.69) is 0 Å². The topological polar surface area (TPSA) is 43.4 Å². The van der Waals surface area contributed by atoms with Crippen LogP contribution in [0.25, 0.3) is 0 Å². The van der Waals surface area contributed by atoms with Crippen LogP contribution < -0.4 is 0 Å². The van der Waals surface area contributed by atoms with Crippen LogP contribution in [0.2, 0.25) is 0 Å². The monoisotopic (exact) mass is 280 g/mol. The van der Waals surface area contributed by atoms with E-state index in [0.29, 0.717) is 11.5 Å². The Labute approximate surface area is 113 Å². The highest BCUT2D eigenvalue weighted by Gasteiger charge is 2.10. The number of carbonyl (C=O) groups excluding carboxylic acids is 2. The van der Waals surface area contributed by atoms with Crippen molar-refractivity contribution >= 4 is 34.9 Å². The van der Waals surface area contributed by atoms with Gasteiger partial charge in [0.2, 0.25) is 0 Å². The van der Waals surface area contributed by atoms with Crippen molar-refractivity contribution in [2.75, 3.05) is 6.61 Å². The molecule has 0 spiro atoms. The van der Waals surface area contributed by atoms with Gasteiger partial charge < -0.3 is 4.74 Å². The molecule has 2 rings (SSSR count). The van der Waals surface area contributed by atoms with Gasteiger partial charge in [0, 0.05) is 0 Å². The van der Waals surface area contributed by atoms with Gasteiger partial charge in [-0.25, -0.2) is 4.79 Å². The number of aldehydes is 1. The second-order valence-electron chi connectivity index (χ2n) is 3.69. The lowest BCUT2D eigenvalue weighted by Crippen LogP contribution is -2.01. The molecule has 0 radical (unpaired) electrons. The third kappa shape index (κ3) is 3.05. The smallest absolute Gasteiger partial charge is 0.348 e. The summed E-state index contributed by atoms with van der Waals surface area (Å²) >= 11 is 2.82. The molecule has 0 saturated heterocycles. The number of esters is 1. The molecule has 0 amide bonds. The van der Waals surface area contributed by atoms with E-state index < -0.39 is 0 Å². The number of carbonyl (C=O) groups is 2. The Morgan fingerprint density at radius 3 is 2.67 bits per heavy atom. The summed E-state index contributed by atoms with van der Waals surface area (Å²) in [5.41, 5.74) is 2.16. The number of hydrogen-bond donors (Lipinski definition) is 0. The summed E-state index contributed by atoms with van der Waals surface area (Å²) in [5, 5.41) is 3.91. The molecular weight excluding hydrogens is 268 g/mol. The predicted octanol–water partition coefficient (Wildman–Crippen LogP) is 3.39. The fourth-order valence-electron chi connectivity index (χ4n) is 1.56. The minimum absolute atomic E-state index is 0.271.